The number of pyridine rings is 1. The van der Waals surface area contributed by atoms with Crippen LogP contribution in [0.4, 0.5) is 4.39 Å². The molecule has 0 amide bonds. The van der Waals surface area contributed by atoms with Gasteiger partial charge in [-0.05, 0) is 25.0 Å². The summed E-state index contributed by atoms with van der Waals surface area (Å²) in [7, 11) is 0. The lowest BCUT2D eigenvalue weighted by Crippen LogP contribution is -2.38. The highest BCUT2D eigenvalue weighted by Crippen LogP contribution is 2.24. The van der Waals surface area contributed by atoms with Crippen molar-refractivity contribution in [2.75, 3.05) is 26.3 Å². The Morgan fingerprint density at radius 3 is 3.04 bits per heavy atom. The quantitative estimate of drug-likeness (QED) is 0.928. The monoisotopic (exact) mass is 320 g/mol. The third-order valence-electron chi connectivity index (χ3n) is 4.67. The Kier molecular flexibility index (Phi) is 4.24. The van der Waals surface area contributed by atoms with Crippen molar-refractivity contribution in [2.24, 2.45) is 0 Å². The van der Waals surface area contributed by atoms with Gasteiger partial charge in [-0.1, -0.05) is 0 Å². The summed E-state index contributed by atoms with van der Waals surface area (Å²) in [5.41, 5.74) is 1.54. The molecule has 0 aliphatic carbocycles. The number of rotatable bonds is 4. The number of halogens is 1. The summed E-state index contributed by atoms with van der Waals surface area (Å²) in [5.74, 6) is 0.690. The molecular formula is C16H21FN4O2. The van der Waals surface area contributed by atoms with E-state index in [1.807, 2.05) is 12.1 Å². The molecule has 2 saturated heterocycles. The third kappa shape index (κ3) is 3.22. The van der Waals surface area contributed by atoms with Gasteiger partial charge in [0.2, 0.25) is 0 Å². The second-order valence-electron chi connectivity index (χ2n) is 6.22. The topological polar surface area (TPSA) is 63.3 Å². The minimum atomic E-state index is -0.944. The first-order valence-electron chi connectivity index (χ1n) is 8.16. The van der Waals surface area contributed by atoms with Crippen molar-refractivity contribution in [3.63, 3.8) is 0 Å². The van der Waals surface area contributed by atoms with Gasteiger partial charge < -0.3 is 14.5 Å². The molecule has 1 N–H and O–H groups in total. The van der Waals surface area contributed by atoms with E-state index < -0.39 is 6.17 Å². The molecule has 2 aliphatic heterocycles. The standard InChI is InChI=1S/C16H21FN4O2/c17-12-8-21(11-3-6-22-7-4-11)9-14(12)23-10-15-19-13-2-1-5-18-16(13)20-15/h1-2,5,11-12,14H,3-4,6-10H2,(H,18,19,20). The maximum absolute atomic E-state index is 14.3. The first kappa shape index (κ1) is 15.0. The summed E-state index contributed by atoms with van der Waals surface area (Å²) in [5, 5.41) is 0. The molecule has 0 saturated carbocycles. The molecule has 124 valence electrons. The van der Waals surface area contributed by atoms with Crippen molar-refractivity contribution in [1.29, 1.82) is 0 Å². The minimum Gasteiger partial charge on any atom is -0.381 e. The van der Waals surface area contributed by atoms with Gasteiger partial charge in [-0.15, -0.1) is 0 Å². The Hall–Kier alpha value is -1.57. The van der Waals surface area contributed by atoms with Crippen LogP contribution in [0, 0.1) is 0 Å². The SMILES string of the molecule is FC1CN(C2CCOCC2)CC1OCc1nc2ncccc2[nH]1. The fourth-order valence-corrected chi connectivity index (χ4v) is 3.42. The molecule has 0 radical (unpaired) electrons. The van der Waals surface area contributed by atoms with Gasteiger partial charge in [0.15, 0.2) is 5.65 Å². The van der Waals surface area contributed by atoms with Crippen molar-refractivity contribution in [1.82, 2.24) is 19.9 Å². The number of aromatic amines is 1. The molecule has 2 aromatic rings. The molecule has 2 fully saturated rings. The first-order chi connectivity index (χ1) is 11.3. The van der Waals surface area contributed by atoms with Gasteiger partial charge in [-0.2, -0.15) is 0 Å². The third-order valence-corrected chi connectivity index (χ3v) is 4.67. The fourth-order valence-electron chi connectivity index (χ4n) is 3.42. The molecule has 0 bridgehead atoms. The normalized spacial score (nSPS) is 27.0. The molecule has 4 heterocycles. The number of nitrogens with one attached hydrogen (secondary N) is 1. The van der Waals surface area contributed by atoms with Gasteiger partial charge in [0, 0.05) is 38.5 Å². The van der Waals surface area contributed by atoms with Crippen molar-refractivity contribution in [3.05, 3.63) is 24.2 Å². The zero-order valence-electron chi connectivity index (χ0n) is 12.9. The largest absolute Gasteiger partial charge is 0.381 e. The van der Waals surface area contributed by atoms with Crippen LogP contribution in [0.1, 0.15) is 18.7 Å². The van der Waals surface area contributed by atoms with Crippen LogP contribution in [0.25, 0.3) is 11.2 Å². The number of hydrogen-bond donors (Lipinski definition) is 1. The van der Waals surface area contributed by atoms with E-state index in [9.17, 15) is 4.39 Å². The van der Waals surface area contributed by atoms with Gasteiger partial charge in [0.25, 0.3) is 0 Å². The molecular weight excluding hydrogens is 299 g/mol. The van der Waals surface area contributed by atoms with E-state index in [1.54, 1.807) is 6.20 Å². The Morgan fingerprint density at radius 2 is 2.22 bits per heavy atom. The van der Waals surface area contributed by atoms with Crippen molar-refractivity contribution in [2.45, 2.75) is 37.8 Å². The summed E-state index contributed by atoms with van der Waals surface area (Å²) in [6.07, 6.45) is 2.33. The van der Waals surface area contributed by atoms with E-state index in [0.29, 0.717) is 30.6 Å². The van der Waals surface area contributed by atoms with E-state index >= 15 is 0 Å². The Balaban J connectivity index is 1.35. The Morgan fingerprint density at radius 1 is 1.35 bits per heavy atom. The minimum absolute atomic E-state index is 0.281. The molecule has 2 atom stereocenters. The number of alkyl halides is 1. The summed E-state index contributed by atoms with van der Waals surface area (Å²) in [6, 6.07) is 4.19. The zero-order valence-corrected chi connectivity index (χ0v) is 12.9. The smallest absolute Gasteiger partial charge is 0.177 e. The average Bonchev–Trinajstić information content (AvgIpc) is 3.16. The summed E-state index contributed by atoms with van der Waals surface area (Å²) in [4.78, 5) is 13.9. The van der Waals surface area contributed by atoms with E-state index in [0.717, 1.165) is 31.6 Å². The predicted octanol–water partition coefficient (Wildman–Crippen LogP) is 1.68. The molecule has 6 nitrogen and oxygen atoms in total. The van der Waals surface area contributed by atoms with E-state index in [2.05, 4.69) is 19.9 Å². The predicted molar refractivity (Wildman–Crippen MR) is 82.8 cm³/mol. The van der Waals surface area contributed by atoms with Gasteiger partial charge in [-0.25, -0.2) is 14.4 Å². The highest BCUT2D eigenvalue weighted by molar-refractivity contribution is 5.69. The summed E-state index contributed by atoms with van der Waals surface area (Å²) < 4.78 is 25.4. The van der Waals surface area contributed by atoms with E-state index in [-0.39, 0.29) is 12.7 Å². The summed E-state index contributed by atoms with van der Waals surface area (Å²) in [6.45, 7) is 2.93. The lowest BCUT2D eigenvalue weighted by atomic mass is 10.1. The number of imidazole rings is 1. The van der Waals surface area contributed by atoms with Crippen LogP contribution in [-0.4, -0.2) is 64.5 Å². The molecule has 0 spiro atoms. The molecule has 4 rings (SSSR count). The number of aromatic nitrogens is 3. The van der Waals surface area contributed by atoms with Crippen molar-refractivity contribution < 1.29 is 13.9 Å². The van der Waals surface area contributed by atoms with Crippen molar-refractivity contribution in [3.8, 4) is 0 Å². The highest BCUT2D eigenvalue weighted by Gasteiger charge is 2.37. The Labute approximate surface area is 134 Å². The molecule has 23 heavy (non-hydrogen) atoms. The molecule has 2 aliphatic rings. The second-order valence-corrected chi connectivity index (χ2v) is 6.22. The number of ether oxygens (including phenoxy) is 2. The van der Waals surface area contributed by atoms with Crippen LogP contribution >= 0.6 is 0 Å². The van der Waals surface area contributed by atoms with Crippen molar-refractivity contribution >= 4 is 11.2 Å². The number of H-pyrrole nitrogens is 1. The summed E-state index contributed by atoms with van der Waals surface area (Å²) >= 11 is 0. The van der Waals surface area contributed by atoms with Crippen LogP contribution in [0.5, 0.6) is 0 Å². The van der Waals surface area contributed by atoms with Crippen LogP contribution in [-0.2, 0) is 16.1 Å². The second kappa shape index (κ2) is 6.51. The number of nitrogens with zero attached hydrogens (tertiary/aromatic N) is 3. The highest BCUT2D eigenvalue weighted by atomic mass is 19.1. The van der Waals surface area contributed by atoms with Crippen LogP contribution in [0.3, 0.4) is 0 Å². The maximum Gasteiger partial charge on any atom is 0.177 e. The van der Waals surface area contributed by atoms with E-state index in [4.69, 9.17) is 9.47 Å². The molecule has 0 aromatic carbocycles. The zero-order chi connectivity index (χ0) is 15.6. The first-order valence-corrected chi connectivity index (χ1v) is 8.16. The van der Waals surface area contributed by atoms with Crippen LogP contribution in [0.2, 0.25) is 0 Å². The van der Waals surface area contributed by atoms with Gasteiger partial charge in [-0.3, -0.25) is 4.90 Å². The maximum atomic E-state index is 14.3. The molecule has 7 heteroatoms. The average molecular weight is 320 g/mol. The lowest BCUT2D eigenvalue weighted by Gasteiger charge is -2.30. The number of likely N-dealkylation sites (tertiary alicyclic amines) is 1. The van der Waals surface area contributed by atoms with E-state index in [1.165, 1.54) is 0 Å². The Bertz CT molecular complexity index is 625. The molecule has 2 aromatic heterocycles. The lowest BCUT2D eigenvalue weighted by molar-refractivity contribution is 0.00312. The number of hydrogen-bond acceptors (Lipinski definition) is 5. The van der Waals surface area contributed by atoms with Gasteiger partial charge in [0.1, 0.15) is 24.7 Å². The van der Waals surface area contributed by atoms with Gasteiger partial charge >= 0.3 is 0 Å². The van der Waals surface area contributed by atoms with Crippen LogP contribution in [0.15, 0.2) is 18.3 Å². The number of fused-ring (bicyclic) bond motifs is 1. The fraction of sp³-hybridized carbons (Fsp3) is 0.625. The molecule has 2 unspecified atom stereocenters. The van der Waals surface area contributed by atoms with Gasteiger partial charge in [0.05, 0.1) is 5.52 Å². The van der Waals surface area contributed by atoms with Crippen LogP contribution < -0.4 is 0 Å².